The zero-order valence-electron chi connectivity index (χ0n) is 16.0. The first-order valence-corrected chi connectivity index (χ1v) is 11.8. The van der Waals surface area contributed by atoms with Crippen molar-refractivity contribution >= 4 is 26.2 Å². The molecule has 2 saturated carbocycles. The van der Waals surface area contributed by atoms with E-state index in [-0.39, 0.29) is 17.6 Å². The maximum atomic E-state index is 12.7. The van der Waals surface area contributed by atoms with E-state index in [0.29, 0.717) is 12.8 Å². The summed E-state index contributed by atoms with van der Waals surface area (Å²) in [5, 5.41) is 21.0. The van der Waals surface area contributed by atoms with Crippen molar-refractivity contribution in [3.8, 4) is 0 Å². The third-order valence-corrected chi connectivity index (χ3v) is 10.9. The number of amides is 1. The van der Waals surface area contributed by atoms with Gasteiger partial charge in [0.2, 0.25) is 5.91 Å². The summed E-state index contributed by atoms with van der Waals surface area (Å²) in [7, 11) is -2.17. The molecule has 9 heteroatoms. The van der Waals surface area contributed by atoms with Crippen molar-refractivity contribution in [1.82, 2.24) is 5.32 Å². The number of carbonyl (C=O) groups is 3. The molecule has 5 atom stereocenters. The van der Waals surface area contributed by atoms with Gasteiger partial charge in [0.25, 0.3) is 0 Å². The molecule has 5 N–H and O–H groups in total. The van der Waals surface area contributed by atoms with Crippen LogP contribution >= 0.6 is 0 Å². The van der Waals surface area contributed by atoms with Crippen LogP contribution in [0, 0.1) is 17.8 Å². The molecule has 2 rings (SSSR count). The van der Waals surface area contributed by atoms with Crippen LogP contribution < -0.4 is 11.1 Å². The Morgan fingerprint density at radius 2 is 1.88 bits per heavy atom. The Bertz CT molecular complexity index is 617. The van der Waals surface area contributed by atoms with Crippen molar-refractivity contribution < 1.29 is 29.0 Å². The van der Waals surface area contributed by atoms with Crippen molar-refractivity contribution in [2.75, 3.05) is 6.61 Å². The van der Waals surface area contributed by atoms with E-state index >= 15 is 0 Å². The van der Waals surface area contributed by atoms with E-state index in [9.17, 15) is 24.6 Å². The molecule has 0 unspecified atom stereocenters. The Labute approximate surface area is 154 Å². The first-order chi connectivity index (χ1) is 11.7. The van der Waals surface area contributed by atoms with Gasteiger partial charge in [-0.25, -0.2) is 4.79 Å². The number of carboxylic acid groups (broad SMARTS) is 2. The molecule has 0 saturated heterocycles. The van der Waals surface area contributed by atoms with Crippen LogP contribution in [-0.2, 0) is 18.8 Å². The molecule has 2 fully saturated rings. The molecule has 0 aromatic carbocycles. The van der Waals surface area contributed by atoms with Gasteiger partial charge in [-0.05, 0) is 36.9 Å². The van der Waals surface area contributed by atoms with Gasteiger partial charge in [0.15, 0.2) is 8.32 Å². The molecule has 2 aliphatic carbocycles. The van der Waals surface area contributed by atoms with Gasteiger partial charge in [0.05, 0.1) is 18.1 Å². The summed E-state index contributed by atoms with van der Waals surface area (Å²) < 4.78 is 5.92. The second-order valence-electron chi connectivity index (χ2n) is 9.07. The second-order valence-corrected chi connectivity index (χ2v) is 13.9. The van der Waals surface area contributed by atoms with Crippen molar-refractivity contribution in [3.63, 3.8) is 0 Å². The average molecular weight is 387 g/mol. The molecule has 26 heavy (non-hydrogen) atoms. The van der Waals surface area contributed by atoms with E-state index in [1.165, 1.54) is 0 Å². The molecule has 0 bridgehead atoms. The van der Waals surface area contributed by atoms with Crippen LogP contribution in [0.3, 0.4) is 0 Å². The highest BCUT2D eigenvalue weighted by Crippen LogP contribution is 2.61. The largest absolute Gasteiger partial charge is 0.481 e. The topological polar surface area (TPSA) is 139 Å². The number of carboxylic acids is 2. The Hall–Kier alpha value is -1.45. The maximum Gasteiger partial charge on any atom is 0.328 e. The van der Waals surface area contributed by atoms with Crippen LogP contribution in [-0.4, -0.2) is 54.6 Å². The predicted molar refractivity (Wildman–Crippen MR) is 97.0 cm³/mol. The van der Waals surface area contributed by atoms with E-state index in [2.05, 4.69) is 5.32 Å². The van der Waals surface area contributed by atoms with Crippen molar-refractivity contribution in [2.24, 2.45) is 23.5 Å². The number of fused-ring (bicyclic) bond motifs is 1. The highest BCUT2D eigenvalue weighted by atomic mass is 28.4. The summed E-state index contributed by atoms with van der Waals surface area (Å²) in [4.78, 5) is 35.5. The monoisotopic (exact) mass is 386 g/mol. The summed E-state index contributed by atoms with van der Waals surface area (Å²) in [5.74, 6) is -3.85. The zero-order valence-corrected chi connectivity index (χ0v) is 17.0. The minimum atomic E-state index is -2.17. The summed E-state index contributed by atoms with van der Waals surface area (Å²) in [6, 6.07) is -1.21. The third kappa shape index (κ3) is 3.65. The Morgan fingerprint density at radius 3 is 2.31 bits per heavy atom. The molecule has 1 amide bonds. The molecule has 148 valence electrons. The van der Waals surface area contributed by atoms with Gasteiger partial charge in [-0.3, -0.25) is 9.59 Å². The Balaban J connectivity index is 2.03. The number of carbonyl (C=O) groups excluding carboxylic acids is 1. The van der Waals surface area contributed by atoms with Crippen molar-refractivity contribution in [1.29, 1.82) is 0 Å². The molecule has 0 aliphatic heterocycles. The molecular weight excluding hydrogens is 356 g/mol. The molecule has 2 aliphatic rings. The fourth-order valence-electron chi connectivity index (χ4n) is 3.58. The molecule has 0 spiro atoms. The molecular formula is C17H30N2O6Si. The van der Waals surface area contributed by atoms with Crippen molar-refractivity contribution in [3.05, 3.63) is 0 Å². The van der Waals surface area contributed by atoms with Gasteiger partial charge in [-0.1, -0.05) is 20.8 Å². The van der Waals surface area contributed by atoms with Gasteiger partial charge in [0.1, 0.15) is 6.04 Å². The number of nitrogens with two attached hydrogens (primary N) is 1. The lowest BCUT2D eigenvalue weighted by Gasteiger charge is -2.37. The van der Waals surface area contributed by atoms with Crippen LogP contribution in [0.2, 0.25) is 18.1 Å². The fourth-order valence-corrected chi connectivity index (χ4v) is 4.60. The van der Waals surface area contributed by atoms with Crippen LogP contribution in [0.5, 0.6) is 0 Å². The first-order valence-electron chi connectivity index (χ1n) is 8.92. The van der Waals surface area contributed by atoms with E-state index in [1.54, 1.807) is 0 Å². The molecule has 0 heterocycles. The summed E-state index contributed by atoms with van der Waals surface area (Å²) in [6.45, 7) is 9.99. The van der Waals surface area contributed by atoms with Crippen LogP contribution in [0.4, 0.5) is 0 Å². The SMILES string of the molecule is CC(C)(C)[Si](C)(C)OC[C@H](NC(=O)[C@]1(N)CC[C@H]2[C@H](C(=O)O)[C@H]21)C(=O)O. The Kier molecular flexibility index (Phi) is 5.30. The highest BCUT2D eigenvalue weighted by Gasteiger charge is 2.69. The number of hydrogen-bond acceptors (Lipinski definition) is 5. The predicted octanol–water partition coefficient (Wildman–Crippen LogP) is 1.02. The molecule has 0 radical (unpaired) electrons. The second kappa shape index (κ2) is 6.61. The van der Waals surface area contributed by atoms with Gasteiger partial charge in [0, 0.05) is 5.92 Å². The Morgan fingerprint density at radius 1 is 1.31 bits per heavy atom. The minimum Gasteiger partial charge on any atom is -0.481 e. The highest BCUT2D eigenvalue weighted by molar-refractivity contribution is 6.74. The van der Waals surface area contributed by atoms with Gasteiger partial charge < -0.3 is 25.7 Å². The van der Waals surface area contributed by atoms with E-state index in [0.717, 1.165) is 0 Å². The number of rotatable bonds is 7. The maximum absolute atomic E-state index is 12.7. The van der Waals surface area contributed by atoms with E-state index < -0.39 is 49.6 Å². The quantitative estimate of drug-likeness (QED) is 0.479. The van der Waals surface area contributed by atoms with Crippen LogP contribution in [0.15, 0.2) is 0 Å². The zero-order chi connectivity index (χ0) is 20.1. The first kappa shape index (κ1) is 20.9. The lowest BCUT2D eigenvalue weighted by atomic mass is 9.90. The van der Waals surface area contributed by atoms with Gasteiger partial charge in [-0.2, -0.15) is 0 Å². The fraction of sp³-hybridized carbons (Fsp3) is 0.824. The van der Waals surface area contributed by atoms with E-state index in [4.69, 9.17) is 10.2 Å². The summed E-state index contributed by atoms with van der Waals surface area (Å²) in [5.41, 5.74) is 4.89. The standard InChI is InChI=1S/C17H30N2O6Si/c1-16(2,3)26(4,5)25-8-10(13(20)21)19-15(24)17(18)7-6-9-11(12(9)17)14(22)23/h9-12H,6-8,18H2,1-5H3,(H,19,24)(H,20,21)(H,22,23)/t9-,10-,11-,12-,17-/m0/s1. The smallest absolute Gasteiger partial charge is 0.328 e. The third-order valence-electron chi connectivity index (χ3n) is 6.38. The average Bonchev–Trinajstić information content (AvgIpc) is 3.13. The van der Waals surface area contributed by atoms with Crippen LogP contribution in [0.1, 0.15) is 33.6 Å². The van der Waals surface area contributed by atoms with Crippen LogP contribution in [0.25, 0.3) is 0 Å². The molecule has 8 nitrogen and oxygen atoms in total. The lowest BCUT2D eigenvalue weighted by Crippen LogP contribution is -2.60. The number of aliphatic carboxylic acids is 2. The number of hydrogen-bond donors (Lipinski definition) is 4. The molecule has 0 aromatic rings. The molecule has 0 aromatic heterocycles. The minimum absolute atomic E-state index is 0.0868. The van der Waals surface area contributed by atoms with E-state index in [1.807, 2.05) is 33.9 Å². The summed E-state index contributed by atoms with van der Waals surface area (Å²) in [6.07, 6.45) is 0.942. The number of nitrogens with one attached hydrogen (secondary N) is 1. The summed E-state index contributed by atoms with van der Waals surface area (Å²) >= 11 is 0. The normalized spacial score (nSPS) is 31.8. The lowest BCUT2D eigenvalue weighted by molar-refractivity contribution is -0.144. The van der Waals surface area contributed by atoms with Gasteiger partial charge in [-0.15, -0.1) is 0 Å². The van der Waals surface area contributed by atoms with Gasteiger partial charge >= 0.3 is 11.9 Å². The van der Waals surface area contributed by atoms with Crippen molar-refractivity contribution in [2.45, 2.75) is 63.3 Å².